The highest BCUT2D eigenvalue weighted by Crippen LogP contribution is 2.20. The van der Waals surface area contributed by atoms with Gasteiger partial charge in [0.25, 0.3) is 0 Å². The molecule has 0 aliphatic carbocycles. The number of halogens is 2. The smallest absolute Gasteiger partial charge is 0.164 e. The van der Waals surface area contributed by atoms with Crippen LogP contribution in [0.3, 0.4) is 0 Å². The summed E-state index contributed by atoms with van der Waals surface area (Å²) in [6.45, 7) is 1.29. The number of carbonyl (C=O) groups is 1. The van der Waals surface area contributed by atoms with Gasteiger partial charge in [-0.1, -0.05) is 0 Å². The van der Waals surface area contributed by atoms with Crippen LogP contribution in [0.25, 0.3) is 0 Å². The first-order chi connectivity index (χ1) is 5.52. The Balaban J connectivity index is 3.38. The fourth-order valence-electron chi connectivity index (χ4n) is 0.965. The van der Waals surface area contributed by atoms with Crippen molar-refractivity contribution in [2.45, 2.75) is 6.92 Å². The average Bonchev–Trinajstić information content (AvgIpc) is 1.82. The minimum atomic E-state index is -0.549. The summed E-state index contributed by atoms with van der Waals surface area (Å²) in [5, 5.41) is 0. The number of nitrogen functional groups attached to an aromatic ring is 1. The monoisotopic (exact) mass is 279 g/mol. The summed E-state index contributed by atoms with van der Waals surface area (Å²) >= 11 is 1.94. The Morgan fingerprint density at radius 1 is 1.58 bits per heavy atom. The topological polar surface area (TPSA) is 43.1 Å². The first-order valence-electron chi connectivity index (χ1n) is 3.28. The van der Waals surface area contributed by atoms with Crippen LogP contribution in [-0.4, -0.2) is 5.78 Å². The van der Waals surface area contributed by atoms with Gasteiger partial charge in [0.2, 0.25) is 0 Å². The maximum atomic E-state index is 13.1. The molecule has 0 bridgehead atoms. The van der Waals surface area contributed by atoms with Gasteiger partial charge >= 0.3 is 0 Å². The second-order valence-electron chi connectivity index (χ2n) is 2.41. The molecule has 0 spiro atoms. The molecule has 0 fully saturated rings. The molecular formula is C8H7FINO. The number of benzene rings is 1. The van der Waals surface area contributed by atoms with Crippen LogP contribution in [0.5, 0.6) is 0 Å². The summed E-state index contributed by atoms with van der Waals surface area (Å²) in [6, 6.07) is 2.86. The lowest BCUT2D eigenvalue weighted by atomic mass is 10.1. The van der Waals surface area contributed by atoms with Crippen molar-refractivity contribution in [1.29, 1.82) is 0 Å². The summed E-state index contributed by atoms with van der Waals surface area (Å²) < 4.78 is 13.7. The molecule has 0 aliphatic rings. The molecule has 4 heteroatoms. The van der Waals surface area contributed by atoms with Crippen molar-refractivity contribution in [2.24, 2.45) is 0 Å². The molecule has 2 N–H and O–H groups in total. The van der Waals surface area contributed by atoms with E-state index in [9.17, 15) is 9.18 Å². The zero-order valence-electron chi connectivity index (χ0n) is 6.40. The van der Waals surface area contributed by atoms with E-state index in [4.69, 9.17) is 5.73 Å². The van der Waals surface area contributed by atoms with Crippen molar-refractivity contribution in [2.75, 3.05) is 5.73 Å². The van der Waals surface area contributed by atoms with Gasteiger partial charge in [0.05, 0.1) is 5.56 Å². The molecule has 0 heterocycles. The van der Waals surface area contributed by atoms with Gasteiger partial charge in [-0.15, -0.1) is 0 Å². The van der Waals surface area contributed by atoms with E-state index in [0.29, 0.717) is 3.57 Å². The Morgan fingerprint density at radius 3 is 2.58 bits per heavy atom. The van der Waals surface area contributed by atoms with Gasteiger partial charge in [-0.3, -0.25) is 4.79 Å². The molecule has 0 atom stereocenters. The molecule has 1 aromatic carbocycles. The number of Topliss-reactive ketones (excluding diaryl/α,β-unsaturated/α-hetero) is 1. The van der Waals surface area contributed by atoms with Crippen molar-refractivity contribution >= 4 is 34.1 Å². The van der Waals surface area contributed by atoms with E-state index in [1.807, 2.05) is 22.6 Å². The van der Waals surface area contributed by atoms with Crippen LogP contribution in [0.2, 0.25) is 0 Å². The SMILES string of the molecule is CC(=O)c1c(N)cc(I)cc1F. The number of nitrogens with two attached hydrogens (primary N) is 1. The van der Waals surface area contributed by atoms with Crippen LogP contribution in [0.1, 0.15) is 17.3 Å². The van der Waals surface area contributed by atoms with Crippen LogP contribution >= 0.6 is 22.6 Å². The second-order valence-corrected chi connectivity index (χ2v) is 3.65. The molecule has 0 amide bonds. The molecular weight excluding hydrogens is 272 g/mol. The van der Waals surface area contributed by atoms with E-state index >= 15 is 0 Å². The number of carbonyl (C=O) groups excluding carboxylic acids is 1. The molecule has 1 aromatic rings. The summed E-state index contributed by atoms with van der Waals surface area (Å²) in [5.74, 6) is -0.895. The van der Waals surface area contributed by atoms with E-state index in [1.165, 1.54) is 13.0 Å². The van der Waals surface area contributed by atoms with E-state index < -0.39 is 5.82 Å². The molecule has 64 valence electrons. The van der Waals surface area contributed by atoms with Gasteiger partial charge in [-0.05, 0) is 41.6 Å². The van der Waals surface area contributed by atoms with Gasteiger partial charge in [-0.2, -0.15) is 0 Å². The van der Waals surface area contributed by atoms with Crippen molar-refractivity contribution in [3.8, 4) is 0 Å². The second kappa shape index (κ2) is 3.38. The van der Waals surface area contributed by atoms with Crippen LogP contribution in [0.4, 0.5) is 10.1 Å². The van der Waals surface area contributed by atoms with E-state index in [2.05, 4.69) is 0 Å². The molecule has 12 heavy (non-hydrogen) atoms. The predicted molar refractivity (Wildman–Crippen MR) is 53.5 cm³/mol. The highest BCUT2D eigenvalue weighted by Gasteiger charge is 2.11. The number of hydrogen-bond donors (Lipinski definition) is 1. The Bertz CT molecular complexity index is 315. The van der Waals surface area contributed by atoms with Gasteiger partial charge in [-0.25, -0.2) is 4.39 Å². The van der Waals surface area contributed by atoms with Crippen LogP contribution in [-0.2, 0) is 0 Å². The van der Waals surface area contributed by atoms with E-state index in [0.717, 1.165) is 0 Å². The van der Waals surface area contributed by atoms with Crippen LogP contribution in [0.15, 0.2) is 12.1 Å². The highest BCUT2D eigenvalue weighted by molar-refractivity contribution is 14.1. The lowest BCUT2D eigenvalue weighted by Gasteiger charge is -2.03. The fraction of sp³-hybridized carbons (Fsp3) is 0.125. The van der Waals surface area contributed by atoms with E-state index in [1.54, 1.807) is 6.07 Å². The zero-order valence-corrected chi connectivity index (χ0v) is 8.55. The van der Waals surface area contributed by atoms with Crippen molar-refractivity contribution in [1.82, 2.24) is 0 Å². The minimum Gasteiger partial charge on any atom is -0.398 e. The predicted octanol–water partition coefficient (Wildman–Crippen LogP) is 2.22. The van der Waals surface area contributed by atoms with Gasteiger partial charge in [0, 0.05) is 9.26 Å². The highest BCUT2D eigenvalue weighted by atomic mass is 127. The summed E-state index contributed by atoms with van der Waals surface area (Å²) in [7, 11) is 0. The Hall–Kier alpha value is -0.650. The van der Waals surface area contributed by atoms with E-state index in [-0.39, 0.29) is 17.0 Å². The largest absolute Gasteiger partial charge is 0.398 e. The third kappa shape index (κ3) is 1.74. The zero-order chi connectivity index (χ0) is 9.30. The minimum absolute atomic E-state index is 0.0181. The van der Waals surface area contributed by atoms with Crippen molar-refractivity contribution in [3.05, 3.63) is 27.1 Å². The Labute approximate surface area is 83.1 Å². The maximum absolute atomic E-state index is 13.1. The molecule has 0 aromatic heterocycles. The molecule has 0 aliphatic heterocycles. The Kier molecular flexibility index (Phi) is 2.66. The van der Waals surface area contributed by atoms with Crippen LogP contribution < -0.4 is 5.73 Å². The number of anilines is 1. The standard InChI is InChI=1S/C8H7FINO/c1-4(12)8-6(9)2-5(10)3-7(8)11/h2-3H,11H2,1H3. The van der Waals surface area contributed by atoms with Gasteiger partial charge in [0.1, 0.15) is 5.82 Å². The fourth-order valence-corrected chi connectivity index (χ4v) is 1.57. The lowest BCUT2D eigenvalue weighted by Crippen LogP contribution is -2.03. The van der Waals surface area contributed by atoms with Crippen LogP contribution in [0, 0.1) is 9.39 Å². The quantitative estimate of drug-likeness (QED) is 0.486. The summed E-state index contributed by atoms with van der Waals surface area (Å²) in [4.78, 5) is 10.9. The third-order valence-corrected chi connectivity index (χ3v) is 2.06. The number of ketones is 1. The maximum Gasteiger partial charge on any atom is 0.164 e. The first-order valence-corrected chi connectivity index (χ1v) is 4.35. The van der Waals surface area contributed by atoms with Crippen molar-refractivity contribution in [3.63, 3.8) is 0 Å². The molecule has 0 unspecified atom stereocenters. The third-order valence-electron chi connectivity index (χ3n) is 1.44. The molecule has 1 rings (SSSR count). The van der Waals surface area contributed by atoms with Gasteiger partial charge in [0.15, 0.2) is 5.78 Å². The molecule has 0 saturated carbocycles. The molecule has 0 saturated heterocycles. The Morgan fingerprint density at radius 2 is 2.17 bits per heavy atom. The lowest BCUT2D eigenvalue weighted by molar-refractivity contribution is 0.101. The van der Waals surface area contributed by atoms with Crippen molar-refractivity contribution < 1.29 is 9.18 Å². The summed E-state index contributed by atoms with van der Waals surface area (Å²) in [5.41, 5.74) is 5.64. The normalized spacial score (nSPS) is 9.92. The summed E-state index contributed by atoms with van der Waals surface area (Å²) in [6.07, 6.45) is 0. The molecule has 0 radical (unpaired) electrons. The average molecular weight is 279 g/mol. The van der Waals surface area contributed by atoms with Gasteiger partial charge < -0.3 is 5.73 Å². The molecule has 2 nitrogen and oxygen atoms in total. The number of hydrogen-bond acceptors (Lipinski definition) is 2. The first kappa shape index (κ1) is 9.44. The number of rotatable bonds is 1.